The van der Waals surface area contributed by atoms with Gasteiger partial charge in [-0.3, -0.25) is 4.90 Å². The molecule has 2 nitrogen and oxygen atoms in total. The second-order valence-electron chi connectivity index (χ2n) is 5.18. The lowest BCUT2D eigenvalue weighted by Crippen LogP contribution is -2.41. The Kier molecular flexibility index (Phi) is 5.61. The molecule has 1 aliphatic rings. The molecule has 1 aromatic carbocycles. The number of halogens is 2. The maximum Gasteiger partial charge on any atom is 0.124 e. The number of nitrogens with zero attached hydrogens (tertiary/aromatic N) is 1. The lowest BCUT2D eigenvalue weighted by atomic mass is 9.99. The van der Waals surface area contributed by atoms with Crippen LogP contribution in [0.1, 0.15) is 31.2 Å². The van der Waals surface area contributed by atoms with Gasteiger partial charge in [0.2, 0.25) is 0 Å². The predicted molar refractivity (Wildman–Crippen MR) is 76.0 cm³/mol. The molecule has 1 aliphatic heterocycles. The Morgan fingerprint density at radius 2 is 2.21 bits per heavy atom. The highest BCUT2D eigenvalue weighted by molar-refractivity contribution is 6.31. The average Bonchev–Trinajstić information content (AvgIpc) is 2.40. The van der Waals surface area contributed by atoms with Crippen LogP contribution >= 0.6 is 11.6 Å². The molecule has 1 N–H and O–H groups in total. The van der Waals surface area contributed by atoms with E-state index < -0.39 is 0 Å². The SMILES string of the molecule is OCC[C@H]1CCCCN1CCc1ccc(F)cc1Cl. The Labute approximate surface area is 119 Å². The smallest absolute Gasteiger partial charge is 0.124 e. The van der Waals surface area contributed by atoms with Crippen molar-refractivity contribution in [1.82, 2.24) is 4.90 Å². The van der Waals surface area contributed by atoms with E-state index in [-0.39, 0.29) is 12.4 Å². The molecule has 0 bridgehead atoms. The first-order valence-corrected chi connectivity index (χ1v) is 7.37. The average molecular weight is 286 g/mol. The van der Waals surface area contributed by atoms with Crippen LogP contribution in [0.15, 0.2) is 18.2 Å². The van der Waals surface area contributed by atoms with Crippen LogP contribution in [0.5, 0.6) is 0 Å². The van der Waals surface area contributed by atoms with Crippen molar-refractivity contribution < 1.29 is 9.50 Å². The minimum absolute atomic E-state index is 0.248. The molecule has 4 heteroatoms. The van der Waals surface area contributed by atoms with Gasteiger partial charge in [-0.25, -0.2) is 4.39 Å². The van der Waals surface area contributed by atoms with E-state index in [9.17, 15) is 4.39 Å². The normalized spacial score (nSPS) is 20.7. The van der Waals surface area contributed by atoms with Gasteiger partial charge < -0.3 is 5.11 Å². The summed E-state index contributed by atoms with van der Waals surface area (Å²) in [6.07, 6.45) is 5.31. The quantitative estimate of drug-likeness (QED) is 0.898. The molecular weight excluding hydrogens is 265 g/mol. The summed E-state index contributed by atoms with van der Waals surface area (Å²) in [5.41, 5.74) is 0.997. The Balaban J connectivity index is 1.92. The molecule has 106 valence electrons. The van der Waals surface area contributed by atoms with E-state index in [1.807, 2.05) is 0 Å². The third-order valence-corrected chi connectivity index (χ3v) is 4.25. The highest BCUT2D eigenvalue weighted by Gasteiger charge is 2.21. The zero-order chi connectivity index (χ0) is 13.7. The minimum Gasteiger partial charge on any atom is -0.396 e. The van der Waals surface area contributed by atoms with E-state index in [4.69, 9.17) is 16.7 Å². The third kappa shape index (κ3) is 4.16. The van der Waals surface area contributed by atoms with Crippen molar-refractivity contribution in [2.24, 2.45) is 0 Å². The Bertz CT molecular complexity index is 411. The molecule has 0 radical (unpaired) electrons. The molecule has 1 fully saturated rings. The van der Waals surface area contributed by atoms with Crippen LogP contribution in [0.4, 0.5) is 4.39 Å². The third-order valence-electron chi connectivity index (χ3n) is 3.89. The first-order chi connectivity index (χ1) is 9.20. The van der Waals surface area contributed by atoms with Crippen molar-refractivity contribution in [3.63, 3.8) is 0 Å². The van der Waals surface area contributed by atoms with Gasteiger partial charge in [-0.05, 0) is 49.9 Å². The van der Waals surface area contributed by atoms with Gasteiger partial charge in [-0.1, -0.05) is 24.1 Å². The largest absolute Gasteiger partial charge is 0.396 e. The summed E-state index contributed by atoms with van der Waals surface area (Å²) in [4.78, 5) is 2.43. The number of likely N-dealkylation sites (tertiary alicyclic amines) is 1. The molecule has 0 aliphatic carbocycles. The number of aliphatic hydroxyl groups excluding tert-OH is 1. The van der Waals surface area contributed by atoms with Crippen LogP contribution in [-0.2, 0) is 6.42 Å². The van der Waals surface area contributed by atoms with Crippen LogP contribution in [-0.4, -0.2) is 35.7 Å². The van der Waals surface area contributed by atoms with Crippen molar-refractivity contribution in [2.75, 3.05) is 19.7 Å². The van der Waals surface area contributed by atoms with Crippen LogP contribution in [0.3, 0.4) is 0 Å². The van der Waals surface area contributed by atoms with Crippen molar-refractivity contribution in [2.45, 2.75) is 38.1 Å². The molecule has 0 unspecified atom stereocenters. The second-order valence-corrected chi connectivity index (χ2v) is 5.59. The van der Waals surface area contributed by atoms with Crippen molar-refractivity contribution >= 4 is 11.6 Å². The molecule has 1 atom stereocenters. The lowest BCUT2D eigenvalue weighted by molar-refractivity contribution is 0.120. The first-order valence-electron chi connectivity index (χ1n) is 6.99. The number of aliphatic hydroxyl groups is 1. The maximum absolute atomic E-state index is 13.0. The molecule has 1 aromatic rings. The van der Waals surface area contributed by atoms with Gasteiger partial charge in [0.25, 0.3) is 0 Å². The topological polar surface area (TPSA) is 23.5 Å². The number of rotatable bonds is 5. The van der Waals surface area contributed by atoms with Gasteiger partial charge in [0.05, 0.1) is 0 Å². The van der Waals surface area contributed by atoms with Gasteiger partial charge in [0.1, 0.15) is 5.82 Å². The van der Waals surface area contributed by atoms with E-state index >= 15 is 0 Å². The highest BCUT2D eigenvalue weighted by atomic mass is 35.5. The molecule has 19 heavy (non-hydrogen) atoms. The fourth-order valence-corrected chi connectivity index (χ4v) is 3.08. The summed E-state index contributed by atoms with van der Waals surface area (Å²) in [6, 6.07) is 5.09. The Morgan fingerprint density at radius 3 is 2.95 bits per heavy atom. The van der Waals surface area contributed by atoms with Gasteiger partial charge in [-0.15, -0.1) is 0 Å². The van der Waals surface area contributed by atoms with Gasteiger partial charge in [0, 0.05) is 24.2 Å². The summed E-state index contributed by atoms with van der Waals surface area (Å²) in [6.45, 7) is 2.26. The van der Waals surface area contributed by atoms with Crippen LogP contribution in [0.2, 0.25) is 5.02 Å². The van der Waals surface area contributed by atoms with E-state index in [1.165, 1.54) is 25.0 Å². The summed E-state index contributed by atoms with van der Waals surface area (Å²) in [7, 11) is 0. The molecule has 0 aromatic heterocycles. The van der Waals surface area contributed by atoms with Crippen LogP contribution < -0.4 is 0 Å². The fourth-order valence-electron chi connectivity index (χ4n) is 2.82. The van der Waals surface area contributed by atoms with Crippen molar-refractivity contribution in [1.29, 1.82) is 0 Å². The fraction of sp³-hybridized carbons (Fsp3) is 0.600. The Morgan fingerprint density at radius 1 is 1.37 bits per heavy atom. The highest BCUT2D eigenvalue weighted by Crippen LogP contribution is 2.22. The van der Waals surface area contributed by atoms with Gasteiger partial charge in [0.15, 0.2) is 0 Å². The lowest BCUT2D eigenvalue weighted by Gasteiger charge is -2.35. The maximum atomic E-state index is 13.0. The molecule has 0 spiro atoms. The van der Waals surface area contributed by atoms with E-state index in [2.05, 4.69) is 4.90 Å². The number of piperidine rings is 1. The van der Waals surface area contributed by atoms with Crippen LogP contribution in [0.25, 0.3) is 0 Å². The molecule has 2 rings (SSSR count). The summed E-state index contributed by atoms with van der Waals surface area (Å²) < 4.78 is 13.0. The minimum atomic E-state index is -0.287. The van der Waals surface area contributed by atoms with E-state index in [0.29, 0.717) is 11.1 Å². The second kappa shape index (κ2) is 7.22. The van der Waals surface area contributed by atoms with E-state index in [0.717, 1.165) is 37.9 Å². The number of hydrogen-bond acceptors (Lipinski definition) is 2. The van der Waals surface area contributed by atoms with Gasteiger partial charge >= 0.3 is 0 Å². The monoisotopic (exact) mass is 285 g/mol. The molecule has 1 heterocycles. The van der Waals surface area contributed by atoms with Crippen LogP contribution in [0, 0.1) is 5.82 Å². The summed E-state index contributed by atoms with van der Waals surface area (Å²) in [5.74, 6) is -0.287. The molecule has 0 saturated carbocycles. The van der Waals surface area contributed by atoms with Gasteiger partial charge in [-0.2, -0.15) is 0 Å². The standard InChI is InChI=1S/C15H21ClFNO/c16-15-11-13(17)5-4-12(15)6-9-18-8-2-1-3-14(18)7-10-19/h4-5,11,14,19H,1-3,6-10H2/t14-/m1/s1. The summed E-state index contributed by atoms with van der Waals surface area (Å²) in [5, 5.41) is 9.62. The molecular formula is C15H21ClFNO. The zero-order valence-corrected chi connectivity index (χ0v) is 11.9. The molecule has 1 saturated heterocycles. The molecule has 0 amide bonds. The van der Waals surface area contributed by atoms with Crippen molar-refractivity contribution in [3.8, 4) is 0 Å². The summed E-state index contributed by atoms with van der Waals surface area (Å²) >= 11 is 6.05. The number of benzene rings is 1. The predicted octanol–water partition coefficient (Wildman–Crippen LogP) is 3.26. The Hall–Kier alpha value is -0.640. The zero-order valence-electron chi connectivity index (χ0n) is 11.1. The first kappa shape index (κ1) is 14.8. The van der Waals surface area contributed by atoms with E-state index in [1.54, 1.807) is 6.07 Å². The van der Waals surface area contributed by atoms with Crippen molar-refractivity contribution in [3.05, 3.63) is 34.6 Å². The number of hydrogen-bond donors (Lipinski definition) is 1.